The van der Waals surface area contributed by atoms with Crippen LogP contribution in [0.3, 0.4) is 0 Å². The maximum Gasteiger partial charge on any atom is 0.434 e. The Hall–Kier alpha value is -3.59. The van der Waals surface area contributed by atoms with E-state index in [1.165, 1.54) is 0 Å². The van der Waals surface area contributed by atoms with Crippen molar-refractivity contribution in [2.45, 2.75) is 75.6 Å². The predicted octanol–water partition coefficient (Wildman–Crippen LogP) is 4.12. The molecule has 3 N–H and O–H groups in total. The minimum absolute atomic E-state index is 0.0949. The van der Waals surface area contributed by atoms with Gasteiger partial charge in [0, 0.05) is 37.7 Å². The molecule has 3 aromatic rings. The monoisotopic (exact) mass is 620 g/mol. The van der Waals surface area contributed by atoms with Crippen molar-refractivity contribution in [1.82, 2.24) is 30.2 Å². The van der Waals surface area contributed by atoms with E-state index in [0.29, 0.717) is 31.9 Å². The molecule has 0 spiro atoms. The molecule has 0 radical (unpaired) electrons. The molecule has 44 heavy (non-hydrogen) atoms. The second kappa shape index (κ2) is 10.5. The first-order valence-electron chi connectivity index (χ1n) is 14.9. The van der Waals surface area contributed by atoms with Crippen LogP contribution in [-0.4, -0.2) is 87.5 Å². The fraction of sp³-hybridized carbons (Fsp3) is 0.586. The van der Waals surface area contributed by atoms with Gasteiger partial charge in [0.25, 0.3) is 0 Å². The fourth-order valence-corrected chi connectivity index (χ4v) is 7.20. The van der Waals surface area contributed by atoms with Gasteiger partial charge in [0.15, 0.2) is 11.5 Å². The van der Waals surface area contributed by atoms with E-state index >= 15 is 4.39 Å². The summed E-state index contributed by atoms with van der Waals surface area (Å²) in [7, 11) is 0. The molecule has 3 fully saturated rings. The topological polar surface area (TPSA) is 115 Å². The standard InChI is InChI=1S/C29H33F5N8O2/c1-3-17-12-42-19(10-36-17)14(2)44-26-20-23(21(31)22(38-26)18-7-16(35)9-37-24(18)29(32,33)34)39-27(40-25(20)42)43-13-28-5-4-6-41(28)11-15(30)8-28/h7,9,14-15,17,19,36H,3-6,8,10-13,35H2,1-2H3/t14-,15+,17+,19-,28-/m0/s1. The summed E-state index contributed by atoms with van der Waals surface area (Å²) in [6.45, 7) is 6.09. The molecule has 3 aromatic heterocycles. The van der Waals surface area contributed by atoms with Crippen LogP contribution in [0.1, 0.15) is 45.2 Å². The van der Waals surface area contributed by atoms with Gasteiger partial charge in [0.2, 0.25) is 5.88 Å². The smallest absolute Gasteiger partial charge is 0.434 e. The largest absolute Gasteiger partial charge is 0.472 e. The van der Waals surface area contributed by atoms with Crippen LogP contribution in [0.4, 0.5) is 33.5 Å². The number of alkyl halides is 4. The Balaban J connectivity index is 1.41. The van der Waals surface area contributed by atoms with Gasteiger partial charge in [-0.2, -0.15) is 23.1 Å². The number of ether oxygens (including phenoxy) is 2. The van der Waals surface area contributed by atoms with Crippen molar-refractivity contribution in [2.24, 2.45) is 0 Å². The molecular weight excluding hydrogens is 587 g/mol. The van der Waals surface area contributed by atoms with Crippen molar-refractivity contribution >= 4 is 22.4 Å². The van der Waals surface area contributed by atoms with Gasteiger partial charge in [-0.15, -0.1) is 0 Å². The molecule has 236 valence electrons. The molecule has 3 saturated heterocycles. The number of pyridine rings is 2. The zero-order valence-corrected chi connectivity index (χ0v) is 24.3. The predicted molar refractivity (Wildman–Crippen MR) is 152 cm³/mol. The summed E-state index contributed by atoms with van der Waals surface area (Å²) >= 11 is 0. The number of anilines is 2. The van der Waals surface area contributed by atoms with E-state index in [2.05, 4.69) is 25.2 Å². The second-order valence-corrected chi connectivity index (χ2v) is 12.2. The Morgan fingerprint density at radius 3 is 2.82 bits per heavy atom. The van der Waals surface area contributed by atoms with Gasteiger partial charge in [0.1, 0.15) is 41.3 Å². The number of piperazine rings is 1. The summed E-state index contributed by atoms with van der Waals surface area (Å²) in [4.78, 5) is 21.0. The van der Waals surface area contributed by atoms with E-state index < -0.39 is 46.8 Å². The van der Waals surface area contributed by atoms with Gasteiger partial charge in [-0.1, -0.05) is 6.92 Å². The van der Waals surface area contributed by atoms with Gasteiger partial charge in [0.05, 0.1) is 23.5 Å². The van der Waals surface area contributed by atoms with Crippen molar-refractivity contribution in [3.05, 3.63) is 23.8 Å². The Kier molecular flexibility index (Phi) is 6.95. The number of hydrogen-bond acceptors (Lipinski definition) is 10. The van der Waals surface area contributed by atoms with Crippen LogP contribution < -0.4 is 25.4 Å². The lowest BCUT2D eigenvalue weighted by Gasteiger charge is -2.42. The minimum atomic E-state index is -4.91. The third-order valence-electron chi connectivity index (χ3n) is 9.41. The van der Waals surface area contributed by atoms with Gasteiger partial charge >= 0.3 is 12.2 Å². The molecule has 0 bridgehead atoms. The van der Waals surface area contributed by atoms with Crippen molar-refractivity contribution in [2.75, 3.05) is 43.4 Å². The van der Waals surface area contributed by atoms with E-state index in [0.717, 1.165) is 38.1 Å². The molecule has 0 aromatic carbocycles. The van der Waals surface area contributed by atoms with Gasteiger partial charge in [-0.25, -0.2) is 18.7 Å². The van der Waals surface area contributed by atoms with Crippen LogP contribution in [0.15, 0.2) is 12.3 Å². The van der Waals surface area contributed by atoms with E-state index in [1.54, 1.807) is 0 Å². The number of aromatic nitrogens is 4. The highest BCUT2D eigenvalue weighted by Crippen LogP contribution is 2.45. The Bertz CT molecular complexity index is 1610. The molecule has 7 rings (SSSR count). The van der Waals surface area contributed by atoms with Crippen molar-refractivity contribution in [1.29, 1.82) is 0 Å². The number of fused-ring (bicyclic) bond motifs is 3. The first kappa shape index (κ1) is 29.1. The minimum Gasteiger partial charge on any atom is -0.472 e. The summed E-state index contributed by atoms with van der Waals surface area (Å²) < 4.78 is 85.5. The number of nitrogens with one attached hydrogen (secondary N) is 1. The number of halogens is 5. The zero-order chi connectivity index (χ0) is 31.0. The number of nitrogens with two attached hydrogens (primary N) is 1. The summed E-state index contributed by atoms with van der Waals surface area (Å²) in [5.74, 6) is -0.887. The SMILES string of the molecule is CC[C@@H]1CN2c3nc(OC[C@@]45CCCN4C[C@H](F)C5)nc4c(F)c(-c5cc(N)cnc5C(F)(F)F)nc(c34)O[C@@H](C)[C@@H]2CN1. The molecule has 5 atom stereocenters. The molecule has 7 heterocycles. The maximum atomic E-state index is 16.6. The first-order chi connectivity index (χ1) is 21.0. The average molecular weight is 621 g/mol. The zero-order valence-electron chi connectivity index (χ0n) is 24.3. The van der Waals surface area contributed by atoms with Gasteiger partial charge in [-0.05, 0) is 38.8 Å². The highest BCUT2D eigenvalue weighted by molar-refractivity contribution is 5.97. The lowest BCUT2D eigenvalue weighted by atomic mass is 9.95. The number of nitrogen functional groups attached to an aromatic ring is 1. The Morgan fingerprint density at radius 2 is 2.05 bits per heavy atom. The van der Waals surface area contributed by atoms with Crippen LogP contribution in [0, 0.1) is 5.82 Å². The summed E-state index contributed by atoms with van der Waals surface area (Å²) in [5, 5.41) is 3.63. The quantitative estimate of drug-likeness (QED) is 0.404. The molecule has 0 amide bonds. The van der Waals surface area contributed by atoms with E-state index in [4.69, 9.17) is 20.2 Å². The Labute approximate surface area is 250 Å². The van der Waals surface area contributed by atoms with Crippen molar-refractivity contribution in [3.63, 3.8) is 0 Å². The Morgan fingerprint density at radius 1 is 1.23 bits per heavy atom. The summed E-state index contributed by atoms with van der Waals surface area (Å²) in [6.07, 6.45) is -2.76. The normalized spacial score (nSPS) is 28.5. The second-order valence-electron chi connectivity index (χ2n) is 12.2. The van der Waals surface area contributed by atoms with E-state index in [1.807, 2.05) is 18.7 Å². The third-order valence-corrected chi connectivity index (χ3v) is 9.41. The van der Waals surface area contributed by atoms with Gasteiger partial charge in [-0.3, -0.25) is 4.90 Å². The summed E-state index contributed by atoms with van der Waals surface area (Å²) in [5.41, 5.74) is 2.26. The molecule has 0 aliphatic carbocycles. The highest BCUT2D eigenvalue weighted by atomic mass is 19.4. The van der Waals surface area contributed by atoms with Crippen molar-refractivity contribution < 1.29 is 31.4 Å². The number of hydrogen-bond donors (Lipinski definition) is 2. The molecule has 4 aliphatic heterocycles. The number of rotatable bonds is 5. The van der Waals surface area contributed by atoms with Gasteiger partial charge < -0.3 is 25.4 Å². The molecular formula is C29H33F5N8O2. The molecule has 15 heteroatoms. The summed E-state index contributed by atoms with van der Waals surface area (Å²) in [6, 6.07) is 0.680. The van der Waals surface area contributed by atoms with E-state index in [9.17, 15) is 17.6 Å². The average Bonchev–Trinajstić information content (AvgIpc) is 3.48. The van der Waals surface area contributed by atoms with Crippen LogP contribution >= 0.6 is 0 Å². The molecule has 0 saturated carbocycles. The van der Waals surface area contributed by atoms with Crippen LogP contribution in [0.5, 0.6) is 11.9 Å². The van der Waals surface area contributed by atoms with Crippen LogP contribution in [0.25, 0.3) is 22.2 Å². The maximum absolute atomic E-state index is 16.6. The molecule has 4 aliphatic rings. The van der Waals surface area contributed by atoms with Crippen molar-refractivity contribution in [3.8, 4) is 23.1 Å². The molecule has 10 nitrogen and oxygen atoms in total. The number of nitrogens with zero attached hydrogens (tertiary/aromatic N) is 6. The highest BCUT2D eigenvalue weighted by Gasteiger charge is 2.49. The lowest BCUT2D eigenvalue weighted by molar-refractivity contribution is -0.140. The lowest BCUT2D eigenvalue weighted by Crippen LogP contribution is -2.60. The first-order valence-corrected chi connectivity index (χ1v) is 14.9. The van der Waals surface area contributed by atoms with Crippen LogP contribution in [-0.2, 0) is 6.18 Å². The van der Waals surface area contributed by atoms with Crippen LogP contribution in [0.2, 0.25) is 0 Å². The van der Waals surface area contributed by atoms with E-state index in [-0.39, 0.29) is 47.2 Å². The third kappa shape index (κ3) is 4.75. The fourth-order valence-electron chi connectivity index (χ4n) is 7.20. The molecule has 0 unspecified atom stereocenters.